The van der Waals surface area contributed by atoms with E-state index >= 15 is 0 Å². The number of hydrogen-bond donors (Lipinski definition) is 1. The van der Waals surface area contributed by atoms with Gasteiger partial charge in [-0.1, -0.05) is 45.0 Å². The van der Waals surface area contributed by atoms with Gasteiger partial charge in [0.2, 0.25) is 5.82 Å². The zero-order valence-corrected chi connectivity index (χ0v) is 17.6. The lowest BCUT2D eigenvalue weighted by molar-refractivity contribution is 0.595. The standard InChI is InChI=1S/C22H26N8/c1-4-6-20-24-19(13-15(2)3)27-30(20)14-16-8-10-17(11-9-16)21-18(7-5-12-23-21)22-25-28-29-26-22/h5,7-12,15H,4,6,13-14H2,1-3H3,(H,25,26,28,29). The Morgan fingerprint density at radius 1 is 1.10 bits per heavy atom. The molecule has 0 unspecified atom stereocenters. The van der Waals surface area contributed by atoms with Gasteiger partial charge in [0, 0.05) is 30.2 Å². The Kier molecular flexibility index (Phi) is 5.92. The Morgan fingerprint density at radius 2 is 1.93 bits per heavy atom. The monoisotopic (exact) mass is 402 g/mol. The fourth-order valence-corrected chi connectivity index (χ4v) is 3.45. The second kappa shape index (κ2) is 8.94. The molecule has 0 aliphatic rings. The van der Waals surface area contributed by atoms with Crippen molar-refractivity contribution in [3.63, 3.8) is 0 Å². The summed E-state index contributed by atoms with van der Waals surface area (Å²) in [6.07, 6.45) is 4.67. The third kappa shape index (κ3) is 4.42. The van der Waals surface area contributed by atoms with E-state index in [1.807, 2.05) is 16.8 Å². The van der Waals surface area contributed by atoms with Gasteiger partial charge in [0.1, 0.15) is 5.82 Å². The number of benzene rings is 1. The summed E-state index contributed by atoms with van der Waals surface area (Å²) in [4.78, 5) is 9.30. The summed E-state index contributed by atoms with van der Waals surface area (Å²) in [7, 11) is 0. The van der Waals surface area contributed by atoms with Crippen molar-refractivity contribution in [1.82, 2.24) is 40.4 Å². The van der Waals surface area contributed by atoms with E-state index in [9.17, 15) is 0 Å². The molecule has 3 heterocycles. The van der Waals surface area contributed by atoms with E-state index in [4.69, 9.17) is 10.1 Å². The molecule has 0 radical (unpaired) electrons. The molecule has 30 heavy (non-hydrogen) atoms. The topological polar surface area (TPSA) is 98.1 Å². The van der Waals surface area contributed by atoms with Crippen LogP contribution in [0.15, 0.2) is 42.6 Å². The zero-order chi connectivity index (χ0) is 20.9. The molecule has 0 saturated heterocycles. The molecule has 0 bridgehead atoms. The van der Waals surface area contributed by atoms with Crippen molar-refractivity contribution in [2.45, 2.75) is 46.6 Å². The average Bonchev–Trinajstić information content (AvgIpc) is 3.39. The van der Waals surface area contributed by atoms with E-state index in [0.29, 0.717) is 18.3 Å². The summed E-state index contributed by atoms with van der Waals surface area (Å²) in [5, 5.41) is 19.1. The van der Waals surface area contributed by atoms with Gasteiger partial charge in [0.15, 0.2) is 5.82 Å². The Bertz CT molecular complexity index is 1080. The molecule has 0 atom stereocenters. The zero-order valence-electron chi connectivity index (χ0n) is 17.6. The van der Waals surface area contributed by atoms with E-state index in [1.165, 1.54) is 5.56 Å². The van der Waals surface area contributed by atoms with E-state index in [-0.39, 0.29) is 0 Å². The molecule has 0 amide bonds. The minimum Gasteiger partial charge on any atom is -0.255 e. The molecule has 3 aromatic heterocycles. The summed E-state index contributed by atoms with van der Waals surface area (Å²) in [5.41, 5.74) is 3.86. The van der Waals surface area contributed by atoms with Gasteiger partial charge in [-0.25, -0.2) is 9.67 Å². The van der Waals surface area contributed by atoms with Gasteiger partial charge >= 0.3 is 0 Å². The maximum absolute atomic E-state index is 4.76. The highest BCUT2D eigenvalue weighted by molar-refractivity contribution is 5.76. The fraction of sp³-hybridized carbons (Fsp3) is 0.364. The number of nitrogens with one attached hydrogen (secondary N) is 1. The maximum atomic E-state index is 4.76. The number of aryl methyl sites for hydroxylation is 1. The molecule has 154 valence electrons. The second-order valence-electron chi connectivity index (χ2n) is 7.78. The number of tetrazole rings is 1. The predicted octanol–water partition coefficient (Wildman–Crippen LogP) is 3.72. The van der Waals surface area contributed by atoms with Crippen LogP contribution in [0.25, 0.3) is 22.6 Å². The lowest BCUT2D eigenvalue weighted by Gasteiger charge is -2.08. The van der Waals surface area contributed by atoms with Crippen LogP contribution in [0, 0.1) is 5.92 Å². The van der Waals surface area contributed by atoms with Crippen molar-refractivity contribution >= 4 is 0 Å². The van der Waals surface area contributed by atoms with Crippen LogP contribution < -0.4 is 0 Å². The van der Waals surface area contributed by atoms with Crippen LogP contribution in [-0.4, -0.2) is 40.4 Å². The van der Waals surface area contributed by atoms with Gasteiger partial charge in [0.25, 0.3) is 0 Å². The predicted molar refractivity (Wildman–Crippen MR) is 115 cm³/mol. The van der Waals surface area contributed by atoms with Gasteiger partial charge in [-0.2, -0.15) is 10.3 Å². The third-order valence-corrected chi connectivity index (χ3v) is 4.81. The number of rotatable bonds is 8. The number of H-pyrrole nitrogens is 1. The molecule has 0 spiro atoms. The van der Waals surface area contributed by atoms with Crippen molar-refractivity contribution in [2.75, 3.05) is 0 Å². The van der Waals surface area contributed by atoms with Crippen LogP contribution >= 0.6 is 0 Å². The smallest absolute Gasteiger partial charge is 0.206 e. The van der Waals surface area contributed by atoms with Gasteiger partial charge in [-0.3, -0.25) is 4.98 Å². The third-order valence-electron chi connectivity index (χ3n) is 4.81. The Labute approximate surface area is 175 Å². The van der Waals surface area contributed by atoms with Gasteiger partial charge in [0.05, 0.1) is 12.2 Å². The highest BCUT2D eigenvalue weighted by Gasteiger charge is 2.14. The fourth-order valence-electron chi connectivity index (χ4n) is 3.45. The highest BCUT2D eigenvalue weighted by Crippen LogP contribution is 2.27. The molecule has 1 aromatic carbocycles. The molecule has 8 heteroatoms. The number of hydrogen-bond acceptors (Lipinski definition) is 6. The lowest BCUT2D eigenvalue weighted by atomic mass is 10.0. The van der Waals surface area contributed by atoms with Crippen molar-refractivity contribution < 1.29 is 0 Å². The first kappa shape index (κ1) is 19.9. The molecular formula is C22H26N8. The van der Waals surface area contributed by atoms with Crippen LogP contribution in [0.2, 0.25) is 0 Å². The summed E-state index contributed by atoms with van der Waals surface area (Å²) in [5.74, 6) is 3.07. The van der Waals surface area contributed by atoms with Crippen LogP contribution in [0.1, 0.15) is 44.4 Å². The number of aromatic nitrogens is 8. The second-order valence-corrected chi connectivity index (χ2v) is 7.78. The lowest BCUT2D eigenvalue weighted by Crippen LogP contribution is -2.07. The minimum atomic E-state index is 0.534. The maximum Gasteiger partial charge on any atom is 0.206 e. The Hall–Kier alpha value is -3.42. The molecule has 4 aromatic rings. The molecule has 1 N–H and O–H groups in total. The SMILES string of the molecule is CCCc1nc(CC(C)C)nn1Cc1ccc(-c2ncccc2-c2nn[nH]n2)cc1. The molecular weight excluding hydrogens is 376 g/mol. The van der Waals surface area contributed by atoms with E-state index in [2.05, 4.69) is 70.6 Å². The molecule has 8 nitrogen and oxygen atoms in total. The largest absolute Gasteiger partial charge is 0.255 e. The average molecular weight is 403 g/mol. The van der Waals surface area contributed by atoms with E-state index in [1.54, 1.807) is 6.20 Å². The van der Waals surface area contributed by atoms with Gasteiger partial charge in [-0.15, -0.1) is 10.2 Å². The van der Waals surface area contributed by atoms with E-state index in [0.717, 1.165) is 47.7 Å². The van der Waals surface area contributed by atoms with Crippen LogP contribution in [-0.2, 0) is 19.4 Å². The number of nitrogens with zero attached hydrogens (tertiary/aromatic N) is 7. The van der Waals surface area contributed by atoms with Gasteiger partial charge in [-0.05, 0) is 35.2 Å². The van der Waals surface area contributed by atoms with Crippen LogP contribution in [0.3, 0.4) is 0 Å². The van der Waals surface area contributed by atoms with Gasteiger partial charge < -0.3 is 0 Å². The first-order chi connectivity index (χ1) is 14.6. The van der Waals surface area contributed by atoms with Crippen molar-refractivity contribution in [3.05, 3.63) is 59.8 Å². The molecule has 0 saturated carbocycles. The molecule has 4 rings (SSSR count). The molecule has 0 aliphatic heterocycles. The van der Waals surface area contributed by atoms with Crippen molar-refractivity contribution in [1.29, 1.82) is 0 Å². The molecule has 0 aliphatic carbocycles. The highest BCUT2D eigenvalue weighted by atomic mass is 15.5. The van der Waals surface area contributed by atoms with Crippen molar-refractivity contribution in [2.24, 2.45) is 5.92 Å². The minimum absolute atomic E-state index is 0.534. The van der Waals surface area contributed by atoms with Crippen LogP contribution in [0.5, 0.6) is 0 Å². The Balaban J connectivity index is 1.58. The summed E-state index contributed by atoms with van der Waals surface area (Å²) in [6, 6.07) is 12.2. The summed E-state index contributed by atoms with van der Waals surface area (Å²) in [6.45, 7) is 7.27. The van der Waals surface area contributed by atoms with Crippen molar-refractivity contribution in [3.8, 4) is 22.6 Å². The summed E-state index contributed by atoms with van der Waals surface area (Å²) < 4.78 is 2.04. The van der Waals surface area contributed by atoms with E-state index < -0.39 is 0 Å². The Morgan fingerprint density at radius 3 is 2.63 bits per heavy atom. The number of aromatic amines is 1. The first-order valence-corrected chi connectivity index (χ1v) is 10.3. The molecule has 0 fully saturated rings. The normalized spacial score (nSPS) is 11.3. The quantitative estimate of drug-likeness (QED) is 0.482. The first-order valence-electron chi connectivity index (χ1n) is 10.3. The van der Waals surface area contributed by atoms with Crippen LogP contribution in [0.4, 0.5) is 0 Å². The summed E-state index contributed by atoms with van der Waals surface area (Å²) >= 11 is 0. The number of pyridine rings is 1.